The van der Waals surface area contributed by atoms with Crippen molar-refractivity contribution in [2.75, 3.05) is 26.7 Å². The van der Waals surface area contributed by atoms with Gasteiger partial charge in [0.05, 0.1) is 12.2 Å². The number of nitrogens with zero attached hydrogens (tertiary/aromatic N) is 4. The van der Waals surface area contributed by atoms with Gasteiger partial charge in [0.1, 0.15) is 0 Å². The molecule has 2 rings (SSSR count). The molecule has 20 heavy (non-hydrogen) atoms. The lowest BCUT2D eigenvalue weighted by molar-refractivity contribution is 0.225. The Labute approximate surface area is 122 Å². The quantitative estimate of drug-likeness (QED) is 0.789. The Morgan fingerprint density at radius 3 is 2.90 bits per heavy atom. The fourth-order valence-corrected chi connectivity index (χ4v) is 2.96. The molecule has 0 aromatic carbocycles. The maximum Gasteiger partial charge on any atom is 0.0964 e. The maximum atomic E-state index is 4.19. The minimum Gasteiger partial charge on any atom is -0.311 e. The molecule has 0 saturated heterocycles. The van der Waals surface area contributed by atoms with Gasteiger partial charge in [-0.05, 0) is 32.4 Å². The average molecular weight is 279 g/mol. The van der Waals surface area contributed by atoms with Crippen molar-refractivity contribution in [3.63, 3.8) is 0 Å². The SMILES string of the molecule is CCNCc1cn(CCN(C)CC2CCCCC2)nn1. The van der Waals surface area contributed by atoms with Gasteiger partial charge in [-0.3, -0.25) is 4.68 Å². The van der Waals surface area contributed by atoms with Crippen molar-refractivity contribution in [1.82, 2.24) is 25.2 Å². The van der Waals surface area contributed by atoms with Crippen molar-refractivity contribution in [2.24, 2.45) is 5.92 Å². The second-order valence-electron chi connectivity index (χ2n) is 6.02. The summed E-state index contributed by atoms with van der Waals surface area (Å²) in [7, 11) is 2.23. The highest BCUT2D eigenvalue weighted by atomic mass is 15.4. The summed E-state index contributed by atoms with van der Waals surface area (Å²) in [5.74, 6) is 0.911. The summed E-state index contributed by atoms with van der Waals surface area (Å²) in [5.41, 5.74) is 1.03. The molecular weight excluding hydrogens is 250 g/mol. The summed E-state index contributed by atoms with van der Waals surface area (Å²) in [6, 6.07) is 0. The maximum absolute atomic E-state index is 4.19. The van der Waals surface area contributed by atoms with Crippen molar-refractivity contribution in [1.29, 1.82) is 0 Å². The fraction of sp³-hybridized carbons (Fsp3) is 0.867. The van der Waals surface area contributed by atoms with Gasteiger partial charge >= 0.3 is 0 Å². The van der Waals surface area contributed by atoms with Gasteiger partial charge in [0.15, 0.2) is 0 Å². The van der Waals surface area contributed by atoms with E-state index in [2.05, 4.69) is 40.7 Å². The summed E-state index contributed by atoms with van der Waals surface area (Å²) >= 11 is 0. The van der Waals surface area contributed by atoms with Crippen LogP contribution in [-0.4, -0.2) is 46.6 Å². The van der Waals surface area contributed by atoms with Crippen LogP contribution in [0.15, 0.2) is 6.20 Å². The van der Waals surface area contributed by atoms with Crippen LogP contribution in [0, 0.1) is 5.92 Å². The van der Waals surface area contributed by atoms with Crippen LogP contribution in [0.5, 0.6) is 0 Å². The lowest BCUT2D eigenvalue weighted by Crippen LogP contribution is -2.30. The van der Waals surface area contributed by atoms with E-state index >= 15 is 0 Å². The lowest BCUT2D eigenvalue weighted by Gasteiger charge is -2.26. The molecule has 1 aromatic rings. The van der Waals surface area contributed by atoms with Gasteiger partial charge in [0, 0.05) is 25.8 Å². The molecule has 5 heteroatoms. The van der Waals surface area contributed by atoms with E-state index < -0.39 is 0 Å². The summed E-state index contributed by atoms with van der Waals surface area (Å²) in [4.78, 5) is 2.45. The molecule has 0 atom stereocenters. The second-order valence-corrected chi connectivity index (χ2v) is 6.02. The number of nitrogens with one attached hydrogen (secondary N) is 1. The Balaban J connectivity index is 1.66. The zero-order chi connectivity index (χ0) is 14.2. The molecule has 114 valence electrons. The molecule has 1 aromatic heterocycles. The first-order valence-electron chi connectivity index (χ1n) is 8.06. The third-order valence-electron chi connectivity index (χ3n) is 4.15. The highest BCUT2D eigenvalue weighted by Crippen LogP contribution is 2.23. The molecule has 0 unspecified atom stereocenters. The van der Waals surface area contributed by atoms with Crippen molar-refractivity contribution < 1.29 is 0 Å². The molecular formula is C15H29N5. The van der Waals surface area contributed by atoms with Gasteiger partial charge in [-0.1, -0.05) is 31.4 Å². The zero-order valence-electron chi connectivity index (χ0n) is 13.0. The number of likely N-dealkylation sites (N-methyl/N-ethyl adjacent to an activating group) is 1. The molecule has 1 saturated carbocycles. The van der Waals surface area contributed by atoms with E-state index in [0.29, 0.717) is 0 Å². The molecule has 0 amide bonds. The summed E-state index contributed by atoms with van der Waals surface area (Å²) in [6.45, 7) is 7.11. The van der Waals surface area contributed by atoms with E-state index in [1.54, 1.807) is 0 Å². The van der Waals surface area contributed by atoms with Crippen molar-refractivity contribution in [3.05, 3.63) is 11.9 Å². The Hall–Kier alpha value is -0.940. The molecule has 0 aliphatic heterocycles. The predicted octanol–water partition coefficient (Wildman–Crippen LogP) is 1.90. The van der Waals surface area contributed by atoms with Gasteiger partial charge in [-0.25, -0.2) is 0 Å². The summed E-state index contributed by atoms with van der Waals surface area (Å²) in [6.07, 6.45) is 9.18. The highest BCUT2D eigenvalue weighted by molar-refractivity contribution is 4.91. The highest BCUT2D eigenvalue weighted by Gasteiger charge is 2.15. The average Bonchev–Trinajstić information content (AvgIpc) is 2.92. The number of aromatic nitrogens is 3. The first kappa shape index (κ1) is 15.4. The zero-order valence-corrected chi connectivity index (χ0v) is 13.0. The first-order chi connectivity index (χ1) is 9.78. The number of hydrogen-bond acceptors (Lipinski definition) is 4. The van der Waals surface area contributed by atoms with Crippen LogP contribution >= 0.6 is 0 Å². The summed E-state index contributed by atoms with van der Waals surface area (Å²) < 4.78 is 1.96. The van der Waals surface area contributed by atoms with Crippen LogP contribution in [0.3, 0.4) is 0 Å². The topological polar surface area (TPSA) is 46.0 Å². The molecule has 5 nitrogen and oxygen atoms in total. The molecule has 1 heterocycles. The molecule has 0 bridgehead atoms. The van der Waals surface area contributed by atoms with Gasteiger partial charge < -0.3 is 10.2 Å². The molecule has 1 aliphatic carbocycles. The smallest absolute Gasteiger partial charge is 0.0964 e. The largest absolute Gasteiger partial charge is 0.311 e. The Kier molecular flexibility index (Phi) is 6.47. The van der Waals surface area contributed by atoms with Crippen molar-refractivity contribution in [2.45, 2.75) is 52.1 Å². The molecule has 1 aliphatic rings. The van der Waals surface area contributed by atoms with E-state index in [-0.39, 0.29) is 0 Å². The van der Waals surface area contributed by atoms with E-state index in [1.165, 1.54) is 38.6 Å². The van der Waals surface area contributed by atoms with Crippen LogP contribution in [0.1, 0.15) is 44.7 Å². The van der Waals surface area contributed by atoms with E-state index in [9.17, 15) is 0 Å². The van der Waals surface area contributed by atoms with E-state index in [0.717, 1.165) is 37.8 Å². The Morgan fingerprint density at radius 1 is 1.35 bits per heavy atom. The van der Waals surface area contributed by atoms with Crippen LogP contribution in [0.4, 0.5) is 0 Å². The fourth-order valence-electron chi connectivity index (χ4n) is 2.96. The predicted molar refractivity (Wildman–Crippen MR) is 81.5 cm³/mol. The van der Waals surface area contributed by atoms with Crippen LogP contribution in [0.25, 0.3) is 0 Å². The Bertz CT molecular complexity index is 370. The second kappa shape index (κ2) is 8.37. The normalized spacial score (nSPS) is 16.9. The van der Waals surface area contributed by atoms with Crippen molar-refractivity contribution in [3.8, 4) is 0 Å². The summed E-state index contributed by atoms with van der Waals surface area (Å²) in [5, 5.41) is 11.6. The minimum atomic E-state index is 0.814. The number of rotatable bonds is 8. The molecule has 1 N–H and O–H groups in total. The van der Waals surface area contributed by atoms with Crippen molar-refractivity contribution >= 4 is 0 Å². The third kappa shape index (κ3) is 5.21. The van der Waals surface area contributed by atoms with Crippen LogP contribution in [-0.2, 0) is 13.1 Å². The molecule has 0 radical (unpaired) electrons. The van der Waals surface area contributed by atoms with Gasteiger partial charge in [-0.15, -0.1) is 5.10 Å². The standard InChI is InChI=1S/C15H29N5/c1-3-16-11-15-13-20(18-17-15)10-9-19(2)12-14-7-5-4-6-8-14/h13-14,16H,3-12H2,1-2H3. The third-order valence-corrected chi connectivity index (χ3v) is 4.15. The Morgan fingerprint density at radius 2 is 2.15 bits per heavy atom. The van der Waals surface area contributed by atoms with E-state index in [1.807, 2.05) is 4.68 Å². The van der Waals surface area contributed by atoms with E-state index in [4.69, 9.17) is 0 Å². The lowest BCUT2D eigenvalue weighted by atomic mass is 9.89. The van der Waals surface area contributed by atoms with Crippen LogP contribution < -0.4 is 5.32 Å². The molecule has 0 spiro atoms. The molecule has 1 fully saturated rings. The van der Waals surface area contributed by atoms with Gasteiger partial charge in [0.2, 0.25) is 0 Å². The van der Waals surface area contributed by atoms with Gasteiger partial charge in [0.25, 0.3) is 0 Å². The monoisotopic (exact) mass is 279 g/mol. The number of hydrogen-bond donors (Lipinski definition) is 1. The van der Waals surface area contributed by atoms with Crippen LogP contribution in [0.2, 0.25) is 0 Å². The van der Waals surface area contributed by atoms with Gasteiger partial charge in [-0.2, -0.15) is 0 Å². The minimum absolute atomic E-state index is 0.814. The first-order valence-corrected chi connectivity index (χ1v) is 8.06.